The van der Waals surface area contributed by atoms with Gasteiger partial charge >= 0.3 is 4.87 Å². The van der Waals surface area contributed by atoms with Crippen molar-refractivity contribution in [3.63, 3.8) is 0 Å². The number of aryl methyl sites for hydroxylation is 1. The number of aromatic amines is 1. The van der Waals surface area contributed by atoms with Crippen molar-refractivity contribution in [2.24, 2.45) is 0 Å². The van der Waals surface area contributed by atoms with E-state index >= 15 is 0 Å². The van der Waals surface area contributed by atoms with Gasteiger partial charge in [0, 0.05) is 60.4 Å². The largest absolute Gasteiger partial charge is 0.378 e. The van der Waals surface area contributed by atoms with E-state index in [1.807, 2.05) is 39.3 Å². The number of anilines is 1. The van der Waals surface area contributed by atoms with E-state index in [2.05, 4.69) is 51.6 Å². The Morgan fingerprint density at radius 3 is 2.58 bits per heavy atom. The fourth-order valence-electron chi connectivity index (χ4n) is 3.81. The minimum Gasteiger partial charge on any atom is -0.378 e. The quantitative estimate of drug-likeness (QED) is 0.466. The molecular weight excluding hydrogens is 408 g/mol. The van der Waals surface area contributed by atoms with Gasteiger partial charge in [-0.2, -0.15) is 0 Å². The number of nitrogens with one attached hydrogen (secondary N) is 2. The standard InChI is InChI=1S/C24H26N4O2S/c1-16-15-31-24(30)28(16)14-23(29)26-12-20(17-8-10-18(11-9-17)27(2)3)21-13-25-22-7-5-4-6-19(21)22/h4-11,13,15,20,25H,12,14H2,1-3H3,(H,26,29)/t20-/m1/s1. The molecule has 2 aromatic heterocycles. The van der Waals surface area contributed by atoms with Crippen LogP contribution < -0.4 is 15.1 Å². The molecule has 2 aromatic carbocycles. The molecule has 0 saturated carbocycles. The number of amides is 1. The lowest BCUT2D eigenvalue weighted by molar-refractivity contribution is -0.121. The Morgan fingerprint density at radius 1 is 1.16 bits per heavy atom. The molecule has 7 heteroatoms. The molecule has 4 aromatic rings. The molecule has 6 nitrogen and oxygen atoms in total. The summed E-state index contributed by atoms with van der Waals surface area (Å²) < 4.78 is 1.51. The maximum Gasteiger partial charge on any atom is 0.307 e. The molecule has 2 heterocycles. The second kappa shape index (κ2) is 8.81. The molecule has 1 amide bonds. The van der Waals surface area contributed by atoms with E-state index < -0.39 is 0 Å². The Hall–Kier alpha value is -3.32. The number of carbonyl (C=O) groups is 1. The lowest BCUT2D eigenvalue weighted by Gasteiger charge is -2.20. The van der Waals surface area contributed by atoms with Crippen LogP contribution in [0.4, 0.5) is 5.69 Å². The Bertz CT molecular complexity index is 1250. The molecule has 31 heavy (non-hydrogen) atoms. The van der Waals surface area contributed by atoms with E-state index in [0.29, 0.717) is 6.54 Å². The highest BCUT2D eigenvalue weighted by Gasteiger charge is 2.20. The molecule has 0 fully saturated rings. The topological polar surface area (TPSA) is 70.1 Å². The van der Waals surface area contributed by atoms with Crippen molar-refractivity contribution in [2.45, 2.75) is 19.4 Å². The maximum atomic E-state index is 12.6. The second-order valence-electron chi connectivity index (χ2n) is 7.86. The SMILES string of the molecule is Cc1csc(=O)n1CC(=O)NC[C@H](c1ccc(N(C)C)cc1)c1c[nH]c2ccccc12. The summed E-state index contributed by atoms with van der Waals surface area (Å²) in [5.74, 6) is -0.185. The third kappa shape index (κ3) is 4.41. The number of hydrogen-bond donors (Lipinski definition) is 2. The van der Waals surface area contributed by atoms with Gasteiger partial charge in [0.1, 0.15) is 6.54 Å². The minimum absolute atomic E-state index is 0.0170. The van der Waals surface area contributed by atoms with E-state index in [0.717, 1.165) is 44.7 Å². The fraction of sp³-hybridized carbons (Fsp3) is 0.250. The smallest absolute Gasteiger partial charge is 0.307 e. The lowest BCUT2D eigenvalue weighted by Crippen LogP contribution is -2.34. The molecule has 0 aliphatic carbocycles. The number of nitrogens with zero attached hydrogens (tertiary/aromatic N) is 2. The second-order valence-corrected chi connectivity index (χ2v) is 8.68. The van der Waals surface area contributed by atoms with Crippen LogP contribution in [-0.4, -0.2) is 36.1 Å². The number of H-pyrrole nitrogens is 1. The summed E-state index contributed by atoms with van der Waals surface area (Å²) >= 11 is 1.12. The molecule has 2 N–H and O–H groups in total. The number of carbonyl (C=O) groups excluding carboxylic acids is 1. The third-order valence-electron chi connectivity index (χ3n) is 5.59. The summed E-state index contributed by atoms with van der Waals surface area (Å²) in [6.07, 6.45) is 2.02. The molecule has 4 rings (SSSR count). The zero-order valence-corrected chi connectivity index (χ0v) is 18.7. The summed E-state index contributed by atoms with van der Waals surface area (Å²) in [6, 6.07) is 16.6. The first-order valence-electron chi connectivity index (χ1n) is 10.2. The molecule has 0 spiro atoms. The lowest BCUT2D eigenvalue weighted by atomic mass is 9.90. The van der Waals surface area contributed by atoms with Crippen LogP contribution >= 0.6 is 11.3 Å². The molecule has 160 valence electrons. The number of para-hydroxylation sites is 1. The normalized spacial score (nSPS) is 12.1. The van der Waals surface area contributed by atoms with E-state index in [1.165, 1.54) is 4.57 Å². The van der Waals surface area contributed by atoms with Gasteiger partial charge < -0.3 is 15.2 Å². The van der Waals surface area contributed by atoms with Crippen LogP contribution in [0.15, 0.2) is 64.9 Å². The van der Waals surface area contributed by atoms with Crippen molar-refractivity contribution in [1.82, 2.24) is 14.9 Å². The third-order valence-corrected chi connectivity index (χ3v) is 6.47. The number of rotatable bonds is 7. The van der Waals surface area contributed by atoms with E-state index in [9.17, 15) is 9.59 Å². The number of thiazole rings is 1. The number of benzene rings is 2. The first kappa shape index (κ1) is 20.9. The van der Waals surface area contributed by atoms with Gasteiger partial charge in [0.2, 0.25) is 5.91 Å². The number of hydrogen-bond acceptors (Lipinski definition) is 4. The highest BCUT2D eigenvalue weighted by molar-refractivity contribution is 7.07. The molecule has 1 atom stereocenters. The van der Waals surface area contributed by atoms with Gasteiger partial charge in [0.25, 0.3) is 0 Å². The number of aromatic nitrogens is 2. The molecule has 0 unspecified atom stereocenters. The van der Waals surface area contributed by atoms with Crippen LogP contribution in [0.25, 0.3) is 10.9 Å². The Labute approximate surface area is 185 Å². The van der Waals surface area contributed by atoms with Crippen LogP contribution in [0.3, 0.4) is 0 Å². The molecular formula is C24H26N4O2S. The summed E-state index contributed by atoms with van der Waals surface area (Å²) in [5, 5.41) is 5.96. The van der Waals surface area contributed by atoms with Crippen molar-refractivity contribution in [3.8, 4) is 0 Å². The molecule has 0 saturated heterocycles. The summed E-state index contributed by atoms with van der Waals surface area (Å²) in [7, 11) is 4.03. The predicted molar refractivity (Wildman–Crippen MR) is 127 cm³/mol. The Kier molecular flexibility index (Phi) is 5.95. The molecule has 0 aliphatic heterocycles. The number of fused-ring (bicyclic) bond motifs is 1. The van der Waals surface area contributed by atoms with Crippen LogP contribution in [0.5, 0.6) is 0 Å². The summed E-state index contributed by atoms with van der Waals surface area (Å²) in [4.78, 5) is 29.9. The maximum absolute atomic E-state index is 12.6. The molecule has 0 radical (unpaired) electrons. The van der Waals surface area contributed by atoms with E-state index in [-0.39, 0.29) is 23.2 Å². The van der Waals surface area contributed by atoms with Gasteiger partial charge in [0.15, 0.2) is 0 Å². The van der Waals surface area contributed by atoms with Gasteiger partial charge in [-0.25, -0.2) is 0 Å². The Balaban J connectivity index is 1.61. The van der Waals surface area contributed by atoms with Crippen molar-refractivity contribution < 1.29 is 4.79 Å². The van der Waals surface area contributed by atoms with Crippen molar-refractivity contribution in [1.29, 1.82) is 0 Å². The van der Waals surface area contributed by atoms with Gasteiger partial charge in [-0.3, -0.25) is 14.2 Å². The van der Waals surface area contributed by atoms with Crippen LogP contribution in [-0.2, 0) is 11.3 Å². The van der Waals surface area contributed by atoms with E-state index in [1.54, 1.807) is 5.38 Å². The first-order chi connectivity index (χ1) is 14.9. The molecule has 0 bridgehead atoms. The van der Waals surface area contributed by atoms with E-state index in [4.69, 9.17) is 0 Å². The predicted octanol–water partition coefficient (Wildman–Crippen LogP) is 3.71. The minimum atomic E-state index is -0.168. The van der Waals surface area contributed by atoms with Crippen LogP contribution in [0.1, 0.15) is 22.7 Å². The average Bonchev–Trinajstić information content (AvgIpc) is 3.33. The molecule has 0 aliphatic rings. The van der Waals surface area contributed by atoms with Gasteiger partial charge in [-0.1, -0.05) is 41.7 Å². The zero-order valence-electron chi connectivity index (χ0n) is 17.9. The highest BCUT2D eigenvalue weighted by Crippen LogP contribution is 2.31. The highest BCUT2D eigenvalue weighted by atomic mass is 32.1. The monoisotopic (exact) mass is 434 g/mol. The van der Waals surface area contributed by atoms with Gasteiger partial charge in [-0.05, 0) is 36.2 Å². The van der Waals surface area contributed by atoms with Gasteiger partial charge in [0.05, 0.1) is 0 Å². The summed E-state index contributed by atoms with van der Waals surface area (Å²) in [5.41, 5.74) is 5.26. The Morgan fingerprint density at radius 2 is 1.90 bits per heavy atom. The average molecular weight is 435 g/mol. The van der Waals surface area contributed by atoms with Crippen molar-refractivity contribution in [2.75, 3.05) is 25.5 Å². The first-order valence-corrected chi connectivity index (χ1v) is 11.1. The zero-order chi connectivity index (χ0) is 22.0. The van der Waals surface area contributed by atoms with Crippen LogP contribution in [0.2, 0.25) is 0 Å². The van der Waals surface area contributed by atoms with Crippen molar-refractivity contribution in [3.05, 3.63) is 86.6 Å². The van der Waals surface area contributed by atoms with Crippen molar-refractivity contribution >= 4 is 33.8 Å². The van der Waals surface area contributed by atoms with Crippen LogP contribution in [0, 0.1) is 6.92 Å². The van der Waals surface area contributed by atoms with Gasteiger partial charge in [-0.15, -0.1) is 0 Å². The fourth-order valence-corrected chi connectivity index (χ4v) is 4.54. The summed E-state index contributed by atoms with van der Waals surface area (Å²) in [6.45, 7) is 2.32.